The molecule has 2 rings (SSSR count). The van der Waals surface area contributed by atoms with Crippen molar-refractivity contribution in [3.63, 3.8) is 0 Å². The van der Waals surface area contributed by atoms with Gasteiger partial charge in [0.1, 0.15) is 5.56 Å². The zero-order valence-electron chi connectivity index (χ0n) is 9.87. The number of carbonyl (C=O) groups is 2. The van der Waals surface area contributed by atoms with Gasteiger partial charge >= 0.3 is 5.97 Å². The molecule has 1 aromatic rings. The molecule has 1 heterocycles. The molecule has 0 bridgehead atoms. The lowest BCUT2D eigenvalue weighted by atomic mass is 10.1. The Kier molecular flexibility index (Phi) is 3.32. The standard InChI is InChI=1S/C11H9NO7/c1-6(13)17-4-9(14)7-2-10-11(19-5-18-10)3-8(7)12(15)16/h2-3H,4-5H2,1H3. The molecule has 0 atom stereocenters. The van der Waals surface area contributed by atoms with Gasteiger partial charge in [-0.15, -0.1) is 0 Å². The lowest BCUT2D eigenvalue weighted by Crippen LogP contribution is -2.13. The minimum Gasteiger partial charge on any atom is -0.457 e. The lowest BCUT2D eigenvalue weighted by Gasteiger charge is -2.04. The first-order chi connectivity index (χ1) is 8.99. The van der Waals surface area contributed by atoms with Gasteiger partial charge in [0.15, 0.2) is 18.1 Å². The summed E-state index contributed by atoms with van der Waals surface area (Å²) in [5.41, 5.74) is -0.600. The average molecular weight is 267 g/mol. The monoisotopic (exact) mass is 267 g/mol. The van der Waals surface area contributed by atoms with Gasteiger partial charge < -0.3 is 14.2 Å². The zero-order valence-corrected chi connectivity index (χ0v) is 9.87. The van der Waals surface area contributed by atoms with E-state index in [0.29, 0.717) is 0 Å². The fourth-order valence-corrected chi connectivity index (χ4v) is 1.55. The molecule has 0 saturated carbocycles. The molecule has 0 fully saturated rings. The highest BCUT2D eigenvalue weighted by atomic mass is 16.7. The summed E-state index contributed by atoms with van der Waals surface area (Å²) in [6.45, 7) is 0.519. The molecule has 19 heavy (non-hydrogen) atoms. The van der Waals surface area contributed by atoms with Crippen LogP contribution in [0.2, 0.25) is 0 Å². The van der Waals surface area contributed by atoms with Gasteiger partial charge in [-0.1, -0.05) is 0 Å². The SMILES string of the molecule is CC(=O)OCC(=O)c1cc2c(cc1[N+](=O)[O-])OCO2. The summed E-state index contributed by atoms with van der Waals surface area (Å²) in [6, 6.07) is 2.33. The van der Waals surface area contributed by atoms with Crippen LogP contribution in [0, 0.1) is 10.1 Å². The summed E-state index contributed by atoms with van der Waals surface area (Å²) in [6.07, 6.45) is 0. The summed E-state index contributed by atoms with van der Waals surface area (Å²) in [5, 5.41) is 10.9. The first-order valence-corrected chi connectivity index (χ1v) is 5.23. The van der Waals surface area contributed by atoms with Gasteiger partial charge in [0.2, 0.25) is 12.6 Å². The number of hydrogen-bond acceptors (Lipinski definition) is 7. The van der Waals surface area contributed by atoms with Gasteiger partial charge in [-0.2, -0.15) is 0 Å². The predicted molar refractivity (Wildman–Crippen MR) is 60.2 cm³/mol. The second kappa shape index (κ2) is 4.92. The van der Waals surface area contributed by atoms with E-state index >= 15 is 0 Å². The highest BCUT2D eigenvalue weighted by molar-refractivity contribution is 6.02. The molecule has 1 aromatic carbocycles. The molecule has 0 N–H and O–H groups in total. The number of benzene rings is 1. The Bertz CT molecular complexity index is 566. The number of fused-ring (bicyclic) bond motifs is 1. The van der Waals surface area contributed by atoms with Crippen molar-refractivity contribution in [1.82, 2.24) is 0 Å². The number of rotatable bonds is 4. The van der Waals surface area contributed by atoms with Crippen LogP contribution in [-0.2, 0) is 9.53 Å². The van der Waals surface area contributed by atoms with Crippen molar-refractivity contribution >= 4 is 17.4 Å². The Labute approximate surface area is 107 Å². The van der Waals surface area contributed by atoms with Crippen LogP contribution in [0.25, 0.3) is 0 Å². The van der Waals surface area contributed by atoms with Crippen molar-refractivity contribution in [3.8, 4) is 11.5 Å². The van der Waals surface area contributed by atoms with Crippen LogP contribution in [0.3, 0.4) is 0 Å². The molecule has 8 heteroatoms. The Hall–Kier alpha value is -2.64. The van der Waals surface area contributed by atoms with Crippen LogP contribution in [0.5, 0.6) is 11.5 Å². The fraction of sp³-hybridized carbons (Fsp3) is 0.273. The van der Waals surface area contributed by atoms with E-state index in [1.54, 1.807) is 0 Å². The second-order valence-electron chi connectivity index (χ2n) is 3.68. The van der Waals surface area contributed by atoms with Gasteiger partial charge in [0.05, 0.1) is 11.0 Å². The van der Waals surface area contributed by atoms with E-state index in [2.05, 4.69) is 4.74 Å². The lowest BCUT2D eigenvalue weighted by molar-refractivity contribution is -0.385. The molecule has 1 aliphatic rings. The summed E-state index contributed by atoms with van der Waals surface area (Å²) >= 11 is 0. The van der Waals surface area contributed by atoms with Crippen LogP contribution in [0.15, 0.2) is 12.1 Å². The first-order valence-electron chi connectivity index (χ1n) is 5.23. The van der Waals surface area contributed by atoms with E-state index in [4.69, 9.17) is 9.47 Å². The van der Waals surface area contributed by atoms with Gasteiger partial charge in [-0.3, -0.25) is 19.7 Å². The fourth-order valence-electron chi connectivity index (χ4n) is 1.55. The maximum atomic E-state index is 11.8. The summed E-state index contributed by atoms with van der Waals surface area (Å²) in [4.78, 5) is 32.6. The number of nitro benzene ring substituents is 1. The topological polar surface area (TPSA) is 105 Å². The van der Waals surface area contributed by atoms with Crippen LogP contribution in [0.1, 0.15) is 17.3 Å². The molecule has 0 amide bonds. The average Bonchev–Trinajstić information content (AvgIpc) is 2.81. The van der Waals surface area contributed by atoms with E-state index in [0.717, 1.165) is 13.0 Å². The molecular formula is C11H9NO7. The second-order valence-corrected chi connectivity index (χ2v) is 3.68. The van der Waals surface area contributed by atoms with E-state index < -0.39 is 29.0 Å². The Morgan fingerprint density at radius 3 is 2.58 bits per heavy atom. The molecule has 0 spiro atoms. The van der Waals surface area contributed by atoms with Crippen molar-refractivity contribution < 1.29 is 28.7 Å². The number of hydrogen-bond donors (Lipinski definition) is 0. The number of ketones is 1. The van der Waals surface area contributed by atoms with Gasteiger partial charge in [-0.25, -0.2) is 0 Å². The third kappa shape index (κ3) is 2.62. The Morgan fingerprint density at radius 2 is 2.00 bits per heavy atom. The van der Waals surface area contributed by atoms with E-state index in [-0.39, 0.29) is 23.9 Å². The maximum Gasteiger partial charge on any atom is 0.303 e. The van der Waals surface area contributed by atoms with Crippen molar-refractivity contribution in [2.24, 2.45) is 0 Å². The molecule has 1 aliphatic heterocycles. The van der Waals surface area contributed by atoms with Crippen LogP contribution < -0.4 is 9.47 Å². The summed E-state index contributed by atoms with van der Waals surface area (Å²) in [5.74, 6) is -0.871. The summed E-state index contributed by atoms with van der Waals surface area (Å²) < 4.78 is 14.6. The Balaban J connectivity index is 2.35. The molecular weight excluding hydrogens is 258 g/mol. The highest BCUT2D eigenvalue weighted by Crippen LogP contribution is 2.38. The van der Waals surface area contributed by atoms with E-state index in [1.807, 2.05) is 0 Å². The highest BCUT2D eigenvalue weighted by Gasteiger charge is 2.27. The van der Waals surface area contributed by atoms with Crippen LogP contribution in [-0.4, -0.2) is 30.1 Å². The quantitative estimate of drug-likeness (QED) is 0.347. The summed E-state index contributed by atoms with van der Waals surface area (Å²) in [7, 11) is 0. The minimum atomic E-state index is -0.705. The molecule has 0 unspecified atom stereocenters. The normalized spacial score (nSPS) is 12.1. The number of ether oxygens (including phenoxy) is 3. The maximum absolute atomic E-state index is 11.8. The van der Waals surface area contributed by atoms with Crippen molar-refractivity contribution in [3.05, 3.63) is 27.8 Å². The largest absolute Gasteiger partial charge is 0.457 e. The third-order valence-electron chi connectivity index (χ3n) is 2.39. The zero-order chi connectivity index (χ0) is 14.0. The molecule has 0 saturated heterocycles. The molecule has 8 nitrogen and oxygen atoms in total. The number of nitrogens with zero attached hydrogens (tertiary/aromatic N) is 1. The van der Waals surface area contributed by atoms with Crippen LogP contribution in [0.4, 0.5) is 5.69 Å². The van der Waals surface area contributed by atoms with Crippen LogP contribution >= 0.6 is 0 Å². The van der Waals surface area contributed by atoms with E-state index in [9.17, 15) is 19.7 Å². The van der Waals surface area contributed by atoms with Crippen molar-refractivity contribution in [2.45, 2.75) is 6.92 Å². The van der Waals surface area contributed by atoms with Gasteiger partial charge in [-0.05, 0) is 0 Å². The molecule has 0 aliphatic carbocycles. The molecule has 0 aromatic heterocycles. The molecule has 0 radical (unpaired) electrons. The molecule has 100 valence electrons. The van der Waals surface area contributed by atoms with Crippen molar-refractivity contribution in [1.29, 1.82) is 0 Å². The van der Waals surface area contributed by atoms with Crippen molar-refractivity contribution in [2.75, 3.05) is 13.4 Å². The number of Topliss-reactive ketones (excluding diaryl/α,β-unsaturated/α-hetero) is 1. The van der Waals surface area contributed by atoms with Gasteiger partial charge in [0.25, 0.3) is 5.69 Å². The van der Waals surface area contributed by atoms with Gasteiger partial charge in [0, 0.05) is 13.0 Å². The van der Waals surface area contributed by atoms with E-state index in [1.165, 1.54) is 6.07 Å². The number of nitro groups is 1. The first kappa shape index (κ1) is 12.8. The number of esters is 1. The number of carbonyl (C=O) groups excluding carboxylic acids is 2. The smallest absolute Gasteiger partial charge is 0.303 e. The third-order valence-corrected chi connectivity index (χ3v) is 2.39. The minimum absolute atomic E-state index is 0.0614. The predicted octanol–water partition coefficient (Wildman–Crippen LogP) is 1.07. The Morgan fingerprint density at radius 1 is 1.37 bits per heavy atom.